The smallest absolute Gasteiger partial charge is 0.305 e. The van der Waals surface area contributed by atoms with Crippen LogP contribution in [-0.4, -0.2) is 67.0 Å². The van der Waals surface area contributed by atoms with Gasteiger partial charge in [0, 0.05) is 33.3 Å². The van der Waals surface area contributed by atoms with Gasteiger partial charge in [-0.3, -0.25) is 24.0 Å². The second kappa shape index (κ2) is 15.4. The molecule has 1 amide bonds. The molecule has 1 aliphatic heterocycles. The van der Waals surface area contributed by atoms with Gasteiger partial charge in [-0.1, -0.05) is 72.8 Å². The molecule has 0 bridgehead atoms. The van der Waals surface area contributed by atoms with E-state index < -0.39 is 75.0 Å². The molecule has 3 aromatic rings. The van der Waals surface area contributed by atoms with Crippen LogP contribution in [0.4, 0.5) is 0 Å². The van der Waals surface area contributed by atoms with Crippen molar-refractivity contribution in [1.82, 2.24) is 5.32 Å². The van der Waals surface area contributed by atoms with Crippen LogP contribution in [0.25, 0.3) is 0 Å². The van der Waals surface area contributed by atoms with Crippen molar-refractivity contribution in [2.24, 2.45) is 0 Å². The van der Waals surface area contributed by atoms with Crippen molar-refractivity contribution < 1.29 is 47.7 Å². The van der Waals surface area contributed by atoms with Gasteiger partial charge in [0.25, 0.3) is 5.91 Å². The quantitative estimate of drug-likeness (QED) is 0.200. The fourth-order valence-electron chi connectivity index (χ4n) is 4.92. The van der Waals surface area contributed by atoms with Gasteiger partial charge in [0.1, 0.15) is 18.8 Å². The molecular formula is C33H34NO10P. The number of carbonyl (C=O) groups excluding carboxylic acids is 5. The monoisotopic (exact) mass is 635 g/mol. The van der Waals surface area contributed by atoms with Crippen LogP contribution in [0.2, 0.25) is 0 Å². The highest BCUT2D eigenvalue weighted by molar-refractivity contribution is 7.79. The molecule has 1 fully saturated rings. The van der Waals surface area contributed by atoms with E-state index in [0.29, 0.717) is 0 Å². The van der Waals surface area contributed by atoms with Crippen molar-refractivity contribution in [3.05, 3.63) is 90.5 Å². The minimum absolute atomic E-state index is 0.268. The molecule has 11 nitrogen and oxygen atoms in total. The predicted molar refractivity (Wildman–Crippen MR) is 165 cm³/mol. The maximum Gasteiger partial charge on any atom is 0.305 e. The third kappa shape index (κ3) is 8.97. The standard InChI is InChI=1S/C33H34NO10P/c1-20(35)40-19-28-30(41-21(2)36)31(42-22(3)37)29(33(44-28)43-23(4)38)34-32(39)24-15-17-27(18-16-24)45(25-11-7-5-8-12-25)26-13-9-6-10-14-26/h5-18,28-31,33H,19H2,1-4H3,(H,34,39)/t28-,29-,30-,31-,33-/m1/s1. The summed E-state index contributed by atoms with van der Waals surface area (Å²) in [5.74, 6) is -3.49. The summed E-state index contributed by atoms with van der Waals surface area (Å²) >= 11 is 0. The number of benzene rings is 3. The van der Waals surface area contributed by atoms with Crippen LogP contribution in [0, 0.1) is 0 Å². The number of hydrogen-bond donors (Lipinski definition) is 1. The molecule has 4 rings (SSSR count). The van der Waals surface area contributed by atoms with Crippen molar-refractivity contribution >= 4 is 53.6 Å². The van der Waals surface area contributed by atoms with Crippen LogP contribution >= 0.6 is 7.92 Å². The van der Waals surface area contributed by atoms with Gasteiger partial charge >= 0.3 is 23.9 Å². The Bertz CT molecular complexity index is 1460. The summed E-state index contributed by atoms with van der Waals surface area (Å²) in [6, 6.07) is 25.9. The summed E-state index contributed by atoms with van der Waals surface area (Å²) < 4.78 is 27.2. The predicted octanol–water partition coefficient (Wildman–Crippen LogP) is 2.26. The molecule has 1 N–H and O–H groups in total. The Labute approximate surface area is 261 Å². The maximum absolute atomic E-state index is 13.6. The zero-order valence-electron chi connectivity index (χ0n) is 25.2. The molecule has 236 valence electrons. The van der Waals surface area contributed by atoms with Gasteiger partial charge in [-0.05, 0) is 36.0 Å². The third-order valence-electron chi connectivity index (χ3n) is 6.70. The summed E-state index contributed by atoms with van der Waals surface area (Å²) in [5.41, 5.74) is 0.268. The summed E-state index contributed by atoms with van der Waals surface area (Å²) in [7, 11) is -0.908. The molecular weight excluding hydrogens is 601 g/mol. The van der Waals surface area contributed by atoms with Crippen molar-refractivity contribution in [1.29, 1.82) is 0 Å². The zero-order chi connectivity index (χ0) is 32.5. The summed E-state index contributed by atoms with van der Waals surface area (Å²) in [5, 5.41) is 6.03. The Morgan fingerprint density at radius 2 is 1.13 bits per heavy atom. The average Bonchev–Trinajstić information content (AvgIpc) is 3.00. The Morgan fingerprint density at radius 1 is 0.644 bits per heavy atom. The van der Waals surface area contributed by atoms with Crippen LogP contribution in [0.1, 0.15) is 38.1 Å². The summed E-state index contributed by atoms with van der Waals surface area (Å²) in [4.78, 5) is 61.3. The number of ether oxygens (including phenoxy) is 5. The largest absolute Gasteiger partial charge is 0.463 e. The Balaban J connectivity index is 1.65. The first kappa shape index (κ1) is 33.3. The number of rotatable bonds is 10. The van der Waals surface area contributed by atoms with Crippen LogP contribution in [-0.2, 0) is 42.9 Å². The molecule has 45 heavy (non-hydrogen) atoms. The van der Waals surface area contributed by atoms with E-state index in [4.69, 9.17) is 23.7 Å². The highest BCUT2D eigenvalue weighted by Crippen LogP contribution is 2.33. The van der Waals surface area contributed by atoms with Gasteiger partial charge in [0.05, 0.1) is 0 Å². The first-order valence-electron chi connectivity index (χ1n) is 14.1. The minimum atomic E-state index is -1.48. The lowest BCUT2D eigenvalue weighted by Crippen LogP contribution is -2.67. The maximum atomic E-state index is 13.6. The lowest BCUT2D eigenvalue weighted by molar-refractivity contribution is -0.270. The lowest BCUT2D eigenvalue weighted by atomic mass is 9.95. The van der Waals surface area contributed by atoms with Crippen molar-refractivity contribution in [3.8, 4) is 0 Å². The van der Waals surface area contributed by atoms with E-state index >= 15 is 0 Å². The van der Waals surface area contributed by atoms with Gasteiger partial charge in [-0.15, -0.1) is 0 Å². The van der Waals surface area contributed by atoms with Crippen molar-refractivity contribution in [2.75, 3.05) is 6.61 Å². The molecule has 0 radical (unpaired) electrons. The molecule has 5 atom stereocenters. The first-order valence-corrected chi connectivity index (χ1v) is 15.5. The van der Waals surface area contributed by atoms with Gasteiger partial charge in [0.2, 0.25) is 6.29 Å². The minimum Gasteiger partial charge on any atom is -0.463 e. The molecule has 3 aromatic carbocycles. The zero-order valence-corrected chi connectivity index (χ0v) is 26.1. The second-order valence-electron chi connectivity index (χ2n) is 10.2. The SMILES string of the molecule is CC(=O)OC[C@H]1O[C@@H](OC(C)=O)[C@H](NC(=O)c2ccc(P(c3ccccc3)c3ccccc3)cc2)[C@@H](OC(C)=O)[C@@H]1OC(C)=O. The van der Waals surface area contributed by atoms with E-state index in [0.717, 1.165) is 36.7 Å². The van der Waals surface area contributed by atoms with Gasteiger partial charge in [-0.25, -0.2) is 0 Å². The van der Waals surface area contributed by atoms with Crippen LogP contribution in [0.5, 0.6) is 0 Å². The molecule has 1 saturated heterocycles. The highest BCUT2D eigenvalue weighted by atomic mass is 31.1. The normalized spacial score (nSPS) is 20.9. The van der Waals surface area contributed by atoms with E-state index in [1.165, 1.54) is 6.92 Å². The van der Waals surface area contributed by atoms with E-state index in [1.807, 2.05) is 48.5 Å². The van der Waals surface area contributed by atoms with Gasteiger partial charge < -0.3 is 29.0 Å². The molecule has 12 heteroatoms. The topological polar surface area (TPSA) is 144 Å². The summed E-state index contributed by atoms with van der Waals surface area (Å²) in [6.07, 6.45) is -5.34. The molecule has 0 saturated carbocycles. The third-order valence-corrected chi connectivity index (χ3v) is 9.14. The van der Waals surface area contributed by atoms with Gasteiger partial charge in [0.15, 0.2) is 12.2 Å². The number of nitrogens with one attached hydrogen (secondary N) is 1. The van der Waals surface area contributed by atoms with Crippen LogP contribution < -0.4 is 21.2 Å². The van der Waals surface area contributed by atoms with E-state index in [9.17, 15) is 24.0 Å². The first-order chi connectivity index (χ1) is 21.5. The molecule has 0 aliphatic carbocycles. The van der Waals surface area contributed by atoms with Crippen LogP contribution in [0.3, 0.4) is 0 Å². The number of hydrogen-bond acceptors (Lipinski definition) is 10. The van der Waals surface area contributed by atoms with E-state index in [1.54, 1.807) is 12.1 Å². The van der Waals surface area contributed by atoms with Crippen molar-refractivity contribution in [2.45, 2.75) is 58.3 Å². The fourth-order valence-corrected chi connectivity index (χ4v) is 7.20. The lowest BCUT2D eigenvalue weighted by Gasteiger charge is -2.44. The van der Waals surface area contributed by atoms with Crippen LogP contribution in [0.15, 0.2) is 84.9 Å². The highest BCUT2D eigenvalue weighted by Gasteiger charge is 2.52. The van der Waals surface area contributed by atoms with Crippen molar-refractivity contribution in [3.63, 3.8) is 0 Å². The number of carbonyl (C=O) groups is 5. The molecule has 1 heterocycles. The Hall–Kier alpha value is -4.60. The molecule has 0 spiro atoms. The molecule has 0 unspecified atom stereocenters. The molecule has 1 aliphatic rings. The Morgan fingerprint density at radius 3 is 1.62 bits per heavy atom. The Kier molecular flexibility index (Phi) is 11.4. The van der Waals surface area contributed by atoms with E-state index in [2.05, 4.69) is 29.6 Å². The van der Waals surface area contributed by atoms with E-state index in [-0.39, 0.29) is 5.56 Å². The molecule has 0 aromatic heterocycles. The average molecular weight is 636 g/mol. The number of amides is 1. The summed E-state index contributed by atoms with van der Waals surface area (Å²) in [6.45, 7) is 4.18. The number of esters is 4. The second-order valence-corrected chi connectivity index (χ2v) is 12.4. The fraction of sp³-hybridized carbons (Fsp3) is 0.303. The van der Waals surface area contributed by atoms with Gasteiger partial charge in [-0.2, -0.15) is 0 Å².